The van der Waals surface area contributed by atoms with Gasteiger partial charge in [-0.1, -0.05) is 84.6 Å². The molecule has 4 aromatic rings. The molecule has 2 heterocycles. The van der Waals surface area contributed by atoms with E-state index in [1.165, 1.54) is 16.7 Å². The van der Waals surface area contributed by atoms with Crippen LogP contribution >= 0.6 is 24.0 Å². The molecule has 158 valence electrons. The number of thioether (sulfide) groups is 1. The molecule has 1 aliphatic rings. The standard InChI is InChI=1S/C25H19N3O2S2/c1-16-22(24(30)28(26(16)2)19-12-4-3-5-13-19)27-23(29)21(32-25(27)31)15-18-11-8-10-17-9-6-7-14-20(17)18/h3-15H,1-2H3/b21-15-. The van der Waals surface area contributed by atoms with E-state index in [0.717, 1.165) is 22.0 Å². The number of para-hydroxylation sites is 1. The number of nitrogens with zero attached hydrogens (tertiary/aromatic N) is 3. The van der Waals surface area contributed by atoms with Crippen LogP contribution < -0.4 is 10.5 Å². The van der Waals surface area contributed by atoms with Crippen LogP contribution in [0.4, 0.5) is 5.69 Å². The Bertz CT molecular complexity index is 1480. The molecule has 1 aliphatic heterocycles. The Hall–Kier alpha value is -3.42. The third-order valence-corrected chi connectivity index (χ3v) is 6.95. The molecule has 0 aliphatic carbocycles. The minimum Gasteiger partial charge on any atom is -0.283 e. The van der Waals surface area contributed by atoms with Crippen LogP contribution in [0.3, 0.4) is 0 Å². The Morgan fingerprint density at radius 2 is 1.59 bits per heavy atom. The average Bonchev–Trinajstić information content (AvgIpc) is 3.19. The normalized spacial score (nSPS) is 15.3. The van der Waals surface area contributed by atoms with Gasteiger partial charge in [0.1, 0.15) is 5.69 Å². The van der Waals surface area contributed by atoms with Crippen molar-refractivity contribution in [2.45, 2.75) is 6.92 Å². The molecule has 3 aromatic carbocycles. The van der Waals surface area contributed by atoms with Gasteiger partial charge in [0.25, 0.3) is 11.5 Å². The summed E-state index contributed by atoms with van der Waals surface area (Å²) in [6.45, 7) is 1.82. The molecule has 7 heteroatoms. The summed E-state index contributed by atoms with van der Waals surface area (Å²) in [6, 6.07) is 23.4. The number of fused-ring (bicyclic) bond motifs is 1. The third kappa shape index (κ3) is 3.21. The highest BCUT2D eigenvalue weighted by atomic mass is 32.2. The second-order valence-electron chi connectivity index (χ2n) is 7.50. The highest BCUT2D eigenvalue weighted by Crippen LogP contribution is 2.37. The van der Waals surface area contributed by atoms with Gasteiger partial charge in [-0.25, -0.2) is 4.68 Å². The second-order valence-corrected chi connectivity index (χ2v) is 9.17. The van der Waals surface area contributed by atoms with E-state index in [2.05, 4.69) is 0 Å². The molecule has 5 rings (SSSR count). The maximum absolute atomic E-state index is 13.4. The molecule has 0 N–H and O–H groups in total. The quantitative estimate of drug-likeness (QED) is 0.319. The molecular formula is C25H19N3O2S2. The predicted molar refractivity (Wildman–Crippen MR) is 135 cm³/mol. The summed E-state index contributed by atoms with van der Waals surface area (Å²) in [7, 11) is 1.80. The van der Waals surface area contributed by atoms with E-state index in [1.807, 2.05) is 85.8 Å². The Kier molecular flexibility index (Phi) is 5.07. The monoisotopic (exact) mass is 457 g/mol. The van der Waals surface area contributed by atoms with E-state index in [0.29, 0.717) is 20.6 Å². The van der Waals surface area contributed by atoms with Crippen molar-refractivity contribution in [3.8, 4) is 5.69 Å². The van der Waals surface area contributed by atoms with E-state index in [-0.39, 0.29) is 11.5 Å². The number of hydrogen-bond donors (Lipinski definition) is 0. The molecule has 0 radical (unpaired) electrons. The van der Waals surface area contributed by atoms with Crippen molar-refractivity contribution in [1.29, 1.82) is 0 Å². The zero-order valence-corrected chi connectivity index (χ0v) is 19.1. The molecule has 0 unspecified atom stereocenters. The summed E-state index contributed by atoms with van der Waals surface area (Å²) in [5, 5.41) is 2.16. The van der Waals surface area contributed by atoms with E-state index in [9.17, 15) is 9.59 Å². The van der Waals surface area contributed by atoms with Crippen molar-refractivity contribution in [3.05, 3.63) is 99.3 Å². The fourth-order valence-electron chi connectivity index (χ4n) is 3.99. The van der Waals surface area contributed by atoms with Gasteiger partial charge in [0.05, 0.1) is 16.3 Å². The molecular weight excluding hydrogens is 438 g/mol. The van der Waals surface area contributed by atoms with E-state index in [1.54, 1.807) is 16.4 Å². The Morgan fingerprint density at radius 1 is 0.906 bits per heavy atom. The Balaban J connectivity index is 1.60. The van der Waals surface area contributed by atoms with E-state index < -0.39 is 0 Å². The summed E-state index contributed by atoms with van der Waals surface area (Å²) >= 11 is 6.77. The first-order chi connectivity index (χ1) is 15.5. The van der Waals surface area contributed by atoms with Crippen LogP contribution in [0.1, 0.15) is 11.3 Å². The van der Waals surface area contributed by atoms with Crippen molar-refractivity contribution < 1.29 is 4.79 Å². The number of hydrogen-bond acceptors (Lipinski definition) is 4. The lowest BCUT2D eigenvalue weighted by Gasteiger charge is -2.12. The lowest BCUT2D eigenvalue weighted by Crippen LogP contribution is -2.33. The molecule has 1 saturated heterocycles. The topological polar surface area (TPSA) is 47.2 Å². The second kappa shape index (κ2) is 7.93. The van der Waals surface area contributed by atoms with Crippen LogP contribution in [-0.4, -0.2) is 19.6 Å². The van der Waals surface area contributed by atoms with Gasteiger partial charge >= 0.3 is 0 Å². The van der Waals surface area contributed by atoms with Crippen LogP contribution in [-0.2, 0) is 11.8 Å². The molecule has 1 aromatic heterocycles. The minimum absolute atomic E-state index is 0.279. The molecule has 0 atom stereocenters. The van der Waals surface area contributed by atoms with Crippen molar-refractivity contribution in [2.24, 2.45) is 7.05 Å². The van der Waals surface area contributed by atoms with Crippen LogP contribution in [0.5, 0.6) is 0 Å². The summed E-state index contributed by atoms with van der Waals surface area (Å²) in [5.74, 6) is -0.279. The fraction of sp³-hybridized carbons (Fsp3) is 0.0800. The average molecular weight is 458 g/mol. The van der Waals surface area contributed by atoms with Crippen LogP contribution in [0.15, 0.2) is 82.5 Å². The number of anilines is 1. The van der Waals surface area contributed by atoms with Crippen LogP contribution in [0.25, 0.3) is 22.5 Å². The van der Waals surface area contributed by atoms with Gasteiger partial charge in [0.2, 0.25) is 0 Å². The first kappa shape index (κ1) is 20.5. The van der Waals surface area contributed by atoms with Gasteiger partial charge in [-0.05, 0) is 41.5 Å². The molecule has 1 amide bonds. The van der Waals surface area contributed by atoms with E-state index in [4.69, 9.17) is 12.2 Å². The van der Waals surface area contributed by atoms with Crippen molar-refractivity contribution in [2.75, 3.05) is 4.90 Å². The summed E-state index contributed by atoms with van der Waals surface area (Å²) in [5.41, 5.74) is 2.35. The van der Waals surface area contributed by atoms with Crippen LogP contribution in [0.2, 0.25) is 0 Å². The van der Waals surface area contributed by atoms with Crippen molar-refractivity contribution in [3.63, 3.8) is 0 Å². The molecule has 1 fully saturated rings. The Labute approximate surface area is 194 Å². The van der Waals surface area contributed by atoms with Crippen molar-refractivity contribution >= 4 is 56.7 Å². The van der Waals surface area contributed by atoms with E-state index >= 15 is 0 Å². The number of thiocarbonyl (C=S) groups is 1. The lowest BCUT2D eigenvalue weighted by atomic mass is 10.0. The molecule has 32 heavy (non-hydrogen) atoms. The summed E-state index contributed by atoms with van der Waals surface area (Å²) < 4.78 is 3.66. The first-order valence-electron chi connectivity index (χ1n) is 10.1. The maximum atomic E-state index is 13.4. The molecule has 5 nitrogen and oxygen atoms in total. The third-order valence-electron chi connectivity index (χ3n) is 5.65. The molecule has 0 bridgehead atoms. The largest absolute Gasteiger partial charge is 0.296 e. The van der Waals surface area contributed by atoms with Crippen molar-refractivity contribution in [1.82, 2.24) is 9.36 Å². The van der Waals surface area contributed by atoms with Gasteiger partial charge in [0, 0.05) is 7.05 Å². The number of rotatable bonds is 3. The van der Waals surface area contributed by atoms with Gasteiger partial charge < -0.3 is 0 Å². The zero-order chi connectivity index (χ0) is 22.4. The maximum Gasteiger partial charge on any atom is 0.296 e. The van der Waals surface area contributed by atoms with Gasteiger partial charge in [-0.2, -0.15) is 0 Å². The van der Waals surface area contributed by atoms with Crippen LogP contribution in [0, 0.1) is 6.92 Å². The minimum atomic E-state index is -0.279. The highest BCUT2D eigenvalue weighted by molar-refractivity contribution is 8.27. The van der Waals surface area contributed by atoms with Gasteiger partial charge in [0.15, 0.2) is 4.32 Å². The molecule has 0 spiro atoms. The summed E-state index contributed by atoms with van der Waals surface area (Å²) in [6.07, 6.45) is 1.86. The Morgan fingerprint density at radius 3 is 2.38 bits per heavy atom. The predicted octanol–water partition coefficient (Wildman–Crippen LogP) is 5.04. The van der Waals surface area contributed by atoms with Gasteiger partial charge in [-0.15, -0.1) is 0 Å². The number of amides is 1. The highest BCUT2D eigenvalue weighted by Gasteiger charge is 2.37. The number of carbonyl (C=O) groups excluding carboxylic acids is 1. The lowest BCUT2D eigenvalue weighted by molar-refractivity contribution is -0.113. The molecule has 0 saturated carbocycles. The summed E-state index contributed by atoms with van der Waals surface area (Å²) in [4.78, 5) is 28.7. The number of aromatic nitrogens is 2. The number of carbonyl (C=O) groups is 1. The zero-order valence-electron chi connectivity index (χ0n) is 17.5. The fourth-order valence-corrected chi connectivity index (χ4v) is 5.25. The smallest absolute Gasteiger partial charge is 0.283 e. The van der Waals surface area contributed by atoms with Gasteiger partial charge in [-0.3, -0.25) is 19.2 Å². The number of benzene rings is 3. The SMILES string of the molecule is Cc1c(N2C(=O)/C(=C/c3cccc4ccccc34)SC2=S)c(=O)n(-c2ccccc2)n1C. The first-order valence-corrected chi connectivity index (χ1v) is 11.3.